The molecule has 2 aromatic carbocycles. The number of benzene rings is 2. The molecule has 1 heterocycles. The SMILES string of the molecule is CCOc1ccc(CC(=O)Nc2ccc(OCC)c(S(=O)(=O)N3CCCC3)c2)cc1. The van der Waals surface area contributed by atoms with E-state index in [2.05, 4.69) is 5.32 Å². The van der Waals surface area contributed by atoms with Crippen LogP contribution in [0.3, 0.4) is 0 Å². The van der Waals surface area contributed by atoms with E-state index in [9.17, 15) is 13.2 Å². The van der Waals surface area contributed by atoms with Crippen molar-refractivity contribution in [3.8, 4) is 11.5 Å². The maximum atomic E-state index is 13.1. The van der Waals surface area contributed by atoms with Gasteiger partial charge in [-0.05, 0) is 62.6 Å². The highest BCUT2D eigenvalue weighted by Crippen LogP contribution is 2.31. The second-order valence-electron chi connectivity index (χ2n) is 7.01. The molecule has 3 rings (SSSR count). The summed E-state index contributed by atoms with van der Waals surface area (Å²) < 4.78 is 38.5. The van der Waals surface area contributed by atoms with Crippen LogP contribution in [0.25, 0.3) is 0 Å². The minimum Gasteiger partial charge on any atom is -0.494 e. The Morgan fingerprint density at radius 3 is 2.30 bits per heavy atom. The summed E-state index contributed by atoms with van der Waals surface area (Å²) in [6, 6.07) is 12.1. The largest absolute Gasteiger partial charge is 0.494 e. The van der Waals surface area contributed by atoms with Crippen molar-refractivity contribution in [2.24, 2.45) is 0 Å². The molecule has 0 atom stereocenters. The van der Waals surface area contributed by atoms with Crippen molar-refractivity contribution in [1.82, 2.24) is 4.31 Å². The topological polar surface area (TPSA) is 84.9 Å². The molecule has 1 aliphatic heterocycles. The predicted molar refractivity (Wildman–Crippen MR) is 116 cm³/mol. The lowest BCUT2D eigenvalue weighted by molar-refractivity contribution is -0.115. The van der Waals surface area contributed by atoms with E-state index in [4.69, 9.17) is 9.47 Å². The van der Waals surface area contributed by atoms with Gasteiger partial charge in [-0.3, -0.25) is 4.79 Å². The maximum Gasteiger partial charge on any atom is 0.246 e. The van der Waals surface area contributed by atoms with Gasteiger partial charge in [0.1, 0.15) is 16.4 Å². The average molecular weight is 433 g/mol. The number of carbonyl (C=O) groups excluding carboxylic acids is 1. The normalized spacial score (nSPS) is 14.5. The van der Waals surface area contributed by atoms with Crippen LogP contribution in [0.2, 0.25) is 0 Å². The van der Waals surface area contributed by atoms with Gasteiger partial charge in [0.15, 0.2) is 0 Å². The third kappa shape index (κ3) is 5.31. The Morgan fingerprint density at radius 1 is 1.00 bits per heavy atom. The van der Waals surface area contributed by atoms with Crippen LogP contribution in [-0.2, 0) is 21.2 Å². The number of hydrogen-bond acceptors (Lipinski definition) is 5. The number of nitrogens with zero attached hydrogens (tertiary/aromatic N) is 1. The lowest BCUT2D eigenvalue weighted by Crippen LogP contribution is -2.28. The lowest BCUT2D eigenvalue weighted by Gasteiger charge is -2.19. The summed E-state index contributed by atoms with van der Waals surface area (Å²) in [5.41, 5.74) is 1.26. The molecule has 1 saturated heterocycles. The number of amides is 1. The average Bonchev–Trinajstić information content (AvgIpc) is 3.27. The zero-order chi connectivity index (χ0) is 21.6. The first-order valence-corrected chi connectivity index (χ1v) is 11.7. The van der Waals surface area contributed by atoms with Gasteiger partial charge in [-0.25, -0.2) is 8.42 Å². The Bertz CT molecular complexity index is 968. The van der Waals surface area contributed by atoms with Gasteiger partial charge in [0.05, 0.1) is 19.6 Å². The van der Waals surface area contributed by atoms with E-state index in [1.54, 1.807) is 19.1 Å². The first kappa shape index (κ1) is 22.1. The van der Waals surface area contributed by atoms with Crippen LogP contribution in [0.1, 0.15) is 32.3 Å². The number of hydrogen-bond donors (Lipinski definition) is 1. The Balaban J connectivity index is 1.76. The zero-order valence-corrected chi connectivity index (χ0v) is 18.2. The van der Waals surface area contributed by atoms with Crippen LogP contribution >= 0.6 is 0 Å². The molecular formula is C22H28N2O5S. The van der Waals surface area contributed by atoms with Crippen molar-refractivity contribution < 1.29 is 22.7 Å². The molecule has 8 heteroatoms. The van der Waals surface area contributed by atoms with Crippen LogP contribution in [0.5, 0.6) is 11.5 Å². The summed E-state index contributed by atoms with van der Waals surface area (Å²) in [4.78, 5) is 12.6. The molecule has 0 radical (unpaired) electrons. The van der Waals surface area contributed by atoms with E-state index >= 15 is 0 Å². The number of sulfonamides is 1. The van der Waals surface area contributed by atoms with Gasteiger partial charge in [-0.1, -0.05) is 12.1 Å². The van der Waals surface area contributed by atoms with Crippen molar-refractivity contribution in [3.05, 3.63) is 48.0 Å². The van der Waals surface area contributed by atoms with E-state index in [1.165, 1.54) is 10.4 Å². The molecule has 7 nitrogen and oxygen atoms in total. The van der Waals surface area contributed by atoms with E-state index in [-0.39, 0.29) is 17.2 Å². The Morgan fingerprint density at radius 2 is 1.67 bits per heavy atom. The third-order valence-electron chi connectivity index (χ3n) is 4.81. The molecule has 0 unspecified atom stereocenters. The van der Waals surface area contributed by atoms with Gasteiger partial charge >= 0.3 is 0 Å². The molecule has 0 saturated carbocycles. The smallest absolute Gasteiger partial charge is 0.246 e. The molecular weight excluding hydrogens is 404 g/mol. The van der Waals surface area contributed by atoms with Gasteiger partial charge in [-0.15, -0.1) is 0 Å². The fourth-order valence-corrected chi connectivity index (χ4v) is 5.06. The molecule has 1 fully saturated rings. The Labute approximate surface area is 178 Å². The molecule has 0 bridgehead atoms. The van der Waals surface area contributed by atoms with Crippen molar-refractivity contribution in [2.75, 3.05) is 31.6 Å². The van der Waals surface area contributed by atoms with E-state index in [0.717, 1.165) is 24.2 Å². The van der Waals surface area contributed by atoms with E-state index in [0.29, 0.717) is 37.7 Å². The summed E-state index contributed by atoms with van der Waals surface area (Å²) in [6.45, 7) is 5.66. The van der Waals surface area contributed by atoms with Crippen LogP contribution in [0.15, 0.2) is 47.4 Å². The van der Waals surface area contributed by atoms with Gasteiger partial charge < -0.3 is 14.8 Å². The number of carbonyl (C=O) groups is 1. The highest BCUT2D eigenvalue weighted by molar-refractivity contribution is 7.89. The van der Waals surface area contributed by atoms with Crippen molar-refractivity contribution in [1.29, 1.82) is 0 Å². The van der Waals surface area contributed by atoms with Gasteiger partial charge in [0, 0.05) is 18.8 Å². The second kappa shape index (κ2) is 9.95. The van der Waals surface area contributed by atoms with Crippen molar-refractivity contribution >= 4 is 21.6 Å². The highest BCUT2D eigenvalue weighted by atomic mass is 32.2. The fourth-order valence-electron chi connectivity index (χ4n) is 3.39. The predicted octanol–water partition coefficient (Wildman–Crippen LogP) is 3.45. The molecule has 162 valence electrons. The molecule has 1 N–H and O–H groups in total. The zero-order valence-electron chi connectivity index (χ0n) is 17.4. The first-order valence-electron chi connectivity index (χ1n) is 10.2. The van der Waals surface area contributed by atoms with E-state index in [1.807, 2.05) is 31.2 Å². The number of anilines is 1. The molecule has 0 aromatic heterocycles. The molecule has 1 aliphatic rings. The minimum absolute atomic E-state index is 0.0881. The lowest BCUT2D eigenvalue weighted by atomic mass is 10.1. The molecule has 0 spiro atoms. The molecule has 2 aromatic rings. The summed E-state index contributed by atoms with van der Waals surface area (Å²) in [5, 5.41) is 2.79. The standard InChI is InChI=1S/C22H28N2O5S/c1-3-28-19-10-7-17(8-11-19)15-22(25)23-18-9-12-20(29-4-2)21(16-18)30(26,27)24-13-5-6-14-24/h7-12,16H,3-6,13-15H2,1-2H3,(H,23,25). The minimum atomic E-state index is -3.68. The van der Waals surface area contributed by atoms with Gasteiger partial charge in [0.25, 0.3) is 0 Å². The second-order valence-corrected chi connectivity index (χ2v) is 8.91. The Kier molecular flexibility index (Phi) is 7.33. The Hall–Kier alpha value is -2.58. The summed E-state index contributed by atoms with van der Waals surface area (Å²) in [5.74, 6) is 0.826. The maximum absolute atomic E-state index is 13.1. The number of rotatable bonds is 9. The highest BCUT2D eigenvalue weighted by Gasteiger charge is 2.30. The van der Waals surface area contributed by atoms with Crippen molar-refractivity contribution in [2.45, 2.75) is 38.0 Å². The number of nitrogens with one attached hydrogen (secondary N) is 1. The third-order valence-corrected chi connectivity index (χ3v) is 6.73. The summed E-state index contributed by atoms with van der Waals surface area (Å²) >= 11 is 0. The molecule has 1 amide bonds. The van der Waals surface area contributed by atoms with Crippen LogP contribution < -0.4 is 14.8 Å². The number of ether oxygens (including phenoxy) is 2. The van der Waals surface area contributed by atoms with Crippen LogP contribution in [-0.4, -0.2) is 44.9 Å². The fraction of sp³-hybridized carbons (Fsp3) is 0.409. The van der Waals surface area contributed by atoms with Crippen LogP contribution in [0.4, 0.5) is 5.69 Å². The van der Waals surface area contributed by atoms with E-state index < -0.39 is 10.0 Å². The van der Waals surface area contributed by atoms with Crippen molar-refractivity contribution in [3.63, 3.8) is 0 Å². The van der Waals surface area contributed by atoms with Gasteiger partial charge in [0.2, 0.25) is 15.9 Å². The van der Waals surface area contributed by atoms with Crippen LogP contribution in [0, 0.1) is 0 Å². The monoisotopic (exact) mass is 432 g/mol. The molecule has 30 heavy (non-hydrogen) atoms. The first-order chi connectivity index (χ1) is 14.4. The van der Waals surface area contributed by atoms with Gasteiger partial charge in [-0.2, -0.15) is 4.31 Å². The molecule has 0 aliphatic carbocycles. The quantitative estimate of drug-likeness (QED) is 0.656. The summed E-state index contributed by atoms with van der Waals surface area (Å²) in [6.07, 6.45) is 1.87. The summed E-state index contributed by atoms with van der Waals surface area (Å²) in [7, 11) is -3.68.